The van der Waals surface area contributed by atoms with Gasteiger partial charge in [-0.3, -0.25) is 4.79 Å². The number of nitriles is 1. The molecule has 0 radical (unpaired) electrons. The van der Waals surface area contributed by atoms with E-state index in [1.165, 1.54) is 4.90 Å². The van der Waals surface area contributed by atoms with Crippen molar-refractivity contribution in [1.29, 1.82) is 5.26 Å². The summed E-state index contributed by atoms with van der Waals surface area (Å²) in [5.74, 6) is -0.459. The van der Waals surface area contributed by atoms with Crippen molar-refractivity contribution >= 4 is 12.0 Å². The van der Waals surface area contributed by atoms with E-state index in [-0.39, 0.29) is 12.5 Å². The molecule has 0 aliphatic carbocycles. The van der Waals surface area contributed by atoms with Crippen LogP contribution in [0.1, 0.15) is 39.0 Å². The highest BCUT2D eigenvalue weighted by Gasteiger charge is 2.11. The van der Waals surface area contributed by atoms with E-state index in [4.69, 9.17) is 10.4 Å². The molecule has 0 aromatic carbocycles. The second kappa shape index (κ2) is 10.2. The first-order valence-electron chi connectivity index (χ1n) is 6.59. The molecule has 0 rings (SSSR count). The lowest BCUT2D eigenvalue weighted by molar-refractivity contribution is -0.137. The molecule has 6 heteroatoms. The zero-order valence-electron chi connectivity index (χ0n) is 11.7. The zero-order valence-corrected chi connectivity index (χ0v) is 11.7. The molecule has 2 amide bonds. The second-order valence-corrected chi connectivity index (χ2v) is 4.56. The van der Waals surface area contributed by atoms with Crippen LogP contribution < -0.4 is 5.32 Å². The third kappa shape index (κ3) is 8.89. The summed E-state index contributed by atoms with van der Waals surface area (Å²) in [5.41, 5.74) is 0. The Morgan fingerprint density at radius 3 is 2.63 bits per heavy atom. The van der Waals surface area contributed by atoms with E-state index >= 15 is 0 Å². The molecule has 0 heterocycles. The van der Waals surface area contributed by atoms with Crippen LogP contribution in [0.25, 0.3) is 0 Å². The molecule has 0 saturated carbocycles. The number of carboxylic acids is 1. The number of urea groups is 1. The second-order valence-electron chi connectivity index (χ2n) is 4.56. The minimum atomic E-state index is -0.779. The Morgan fingerprint density at radius 1 is 1.42 bits per heavy atom. The summed E-state index contributed by atoms with van der Waals surface area (Å²) in [6.45, 7) is 2.97. The van der Waals surface area contributed by atoms with Gasteiger partial charge in [0.1, 0.15) is 0 Å². The summed E-state index contributed by atoms with van der Waals surface area (Å²) >= 11 is 0. The van der Waals surface area contributed by atoms with Crippen LogP contribution in [0, 0.1) is 17.2 Å². The molecule has 19 heavy (non-hydrogen) atoms. The van der Waals surface area contributed by atoms with Crippen molar-refractivity contribution in [3.8, 4) is 6.07 Å². The Kier molecular flexibility index (Phi) is 9.23. The number of aliphatic carboxylic acids is 1. The third-order valence-electron chi connectivity index (χ3n) is 3.08. The molecule has 2 N–H and O–H groups in total. The largest absolute Gasteiger partial charge is 0.481 e. The molecular weight excluding hydrogens is 246 g/mol. The highest BCUT2D eigenvalue weighted by Crippen LogP contribution is 2.14. The molecule has 6 nitrogen and oxygen atoms in total. The van der Waals surface area contributed by atoms with Crippen molar-refractivity contribution in [1.82, 2.24) is 10.2 Å². The zero-order chi connectivity index (χ0) is 14.7. The van der Waals surface area contributed by atoms with E-state index in [1.54, 1.807) is 7.05 Å². The van der Waals surface area contributed by atoms with Crippen molar-refractivity contribution in [3.05, 3.63) is 0 Å². The minimum absolute atomic E-state index is 0.175. The summed E-state index contributed by atoms with van der Waals surface area (Å²) in [5, 5.41) is 19.8. The molecule has 0 bridgehead atoms. The van der Waals surface area contributed by atoms with Crippen LogP contribution in [0.3, 0.4) is 0 Å². The predicted molar refractivity (Wildman–Crippen MR) is 71.5 cm³/mol. The average molecular weight is 269 g/mol. The third-order valence-corrected chi connectivity index (χ3v) is 3.08. The number of rotatable bonds is 9. The maximum absolute atomic E-state index is 11.6. The van der Waals surface area contributed by atoms with Crippen LogP contribution in [0.5, 0.6) is 0 Å². The number of nitrogens with zero attached hydrogens (tertiary/aromatic N) is 2. The van der Waals surface area contributed by atoms with Crippen molar-refractivity contribution in [3.63, 3.8) is 0 Å². The molecule has 0 aromatic rings. The van der Waals surface area contributed by atoms with Crippen LogP contribution >= 0.6 is 0 Å². The summed E-state index contributed by atoms with van der Waals surface area (Å²) < 4.78 is 0. The lowest BCUT2D eigenvalue weighted by atomic mass is 9.97. The first kappa shape index (κ1) is 17.2. The Morgan fingerprint density at radius 2 is 2.11 bits per heavy atom. The van der Waals surface area contributed by atoms with Gasteiger partial charge in [0.15, 0.2) is 0 Å². The van der Waals surface area contributed by atoms with Gasteiger partial charge in [0, 0.05) is 26.6 Å². The van der Waals surface area contributed by atoms with Gasteiger partial charge in [-0.15, -0.1) is 0 Å². The normalized spacial score (nSPS) is 11.4. The highest BCUT2D eigenvalue weighted by molar-refractivity contribution is 5.73. The van der Waals surface area contributed by atoms with E-state index in [1.807, 2.05) is 13.0 Å². The fraction of sp³-hybridized carbons (Fsp3) is 0.769. The molecule has 0 saturated heterocycles. The number of carbonyl (C=O) groups excluding carboxylic acids is 1. The molecule has 0 aliphatic rings. The summed E-state index contributed by atoms with van der Waals surface area (Å²) in [6, 6.07) is 1.80. The number of carboxylic acid groups (broad SMARTS) is 1. The van der Waals surface area contributed by atoms with Gasteiger partial charge in [-0.25, -0.2) is 4.79 Å². The molecule has 108 valence electrons. The number of carbonyl (C=O) groups is 2. The first-order chi connectivity index (χ1) is 9.01. The van der Waals surface area contributed by atoms with Gasteiger partial charge in [-0.2, -0.15) is 5.26 Å². The Bertz CT molecular complexity index is 326. The van der Waals surface area contributed by atoms with Crippen molar-refractivity contribution in [2.75, 3.05) is 20.1 Å². The topological polar surface area (TPSA) is 93.4 Å². The molecule has 0 fully saturated rings. The summed E-state index contributed by atoms with van der Waals surface area (Å²) in [4.78, 5) is 23.6. The van der Waals surface area contributed by atoms with Gasteiger partial charge >= 0.3 is 12.0 Å². The van der Waals surface area contributed by atoms with Gasteiger partial charge in [0.2, 0.25) is 0 Å². The summed E-state index contributed by atoms with van der Waals surface area (Å²) in [6.07, 6.45) is 2.83. The van der Waals surface area contributed by atoms with E-state index in [0.717, 1.165) is 12.8 Å². The standard InChI is InChI=1S/C13H23N3O3/c1-3-11(5-6-12(17)18)7-9-15-13(19)16(2)10-4-8-14/h11H,3-7,9-10H2,1-2H3,(H,15,19)(H,17,18). The van der Waals surface area contributed by atoms with E-state index in [2.05, 4.69) is 5.32 Å². The molecule has 0 aromatic heterocycles. The van der Waals surface area contributed by atoms with E-state index < -0.39 is 5.97 Å². The molecule has 0 spiro atoms. The van der Waals surface area contributed by atoms with Gasteiger partial charge in [-0.05, 0) is 18.8 Å². The first-order valence-corrected chi connectivity index (χ1v) is 6.59. The molecule has 0 aliphatic heterocycles. The number of nitrogens with one attached hydrogen (secondary N) is 1. The smallest absolute Gasteiger partial charge is 0.317 e. The molecular formula is C13H23N3O3. The number of hydrogen-bond donors (Lipinski definition) is 2. The maximum atomic E-state index is 11.6. The quantitative estimate of drug-likeness (QED) is 0.667. The SMILES string of the molecule is CCC(CCNC(=O)N(C)CCC#N)CCC(=O)O. The fourth-order valence-corrected chi connectivity index (χ4v) is 1.72. The van der Waals surface area contributed by atoms with Crippen LogP contribution in [-0.2, 0) is 4.79 Å². The Hall–Kier alpha value is -1.77. The van der Waals surface area contributed by atoms with Gasteiger partial charge < -0.3 is 15.3 Å². The van der Waals surface area contributed by atoms with Crippen LogP contribution in [-0.4, -0.2) is 42.1 Å². The lowest BCUT2D eigenvalue weighted by Gasteiger charge is -2.18. The van der Waals surface area contributed by atoms with Gasteiger partial charge in [0.05, 0.1) is 12.5 Å². The van der Waals surface area contributed by atoms with E-state index in [9.17, 15) is 9.59 Å². The monoisotopic (exact) mass is 269 g/mol. The minimum Gasteiger partial charge on any atom is -0.481 e. The highest BCUT2D eigenvalue weighted by atomic mass is 16.4. The van der Waals surface area contributed by atoms with Crippen LogP contribution in [0.4, 0.5) is 4.79 Å². The Balaban J connectivity index is 3.83. The van der Waals surface area contributed by atoms with Crippen LogP contribution in [0.15, 0.2) is 0 Å². The average Bonchev–Trinajstić information content (AvgIpc) is 2.39. The number of hydrogen-bond acceptors (Lipinski definition) is 3. The lowest BCUT2D eigenvalue weighted by Crippen LogP contribution is -2.38. The maximum Gasteiger partial charge on any atom is 0.317 e. The molecule has 1 unspecified atom stereocenters. The fourth-order valence-electron chi connectivity index (χ4n) is 1.72. The van der Waals surface area contributed by atoms with E-state index in [0.29, 0.717) is 31.8 Å². The Labute approximate surface area is 114 Å². The molecule has 1 atom stereocenters. The van der Waals surface area contributed by atoms with Gasteiger partial charge in [-0.1, -0.05) is 13.3 Å². The number of amides is 2. The predicted octanol–water partition coefficient (Wildman–Crippen LogP) is 1.82. The van der Waals surface area contributed by atoms with Crippen molar-refractivity contribution < 1.29 is 14.7 Å². The van der Waals surface area contributed by atoms with Crippen molar-refractivity contribution in [2.24, 2.45) is 5.92 Å². The van der Waals surface area contributed by atoms with Gasteiger partial charge in [0.25, 0.3) is 0 Å². The van der Waals surface area contributed by atoms with Crippen molar-refractivity contribution in [2.45, 2.75) is 39.0 Å². The van der Waals surface area contributed by atoms with Crippen LogP contribution in [0.2, 0.25) is 0 Å². The summed E-state index contributed by atoms with van der Waals surface area (Å²) in [7, 11) is 1.65.